The minimum atomic E-state index is -0.117. The van der Waals surface area contributed by atoms with Crippen molar-refractivity contribution >= 4 is 49.9 Å². The lowest BCUT2D eigenvalue weighted by molar-refractivity contribution is 0.661. The van der Waals surface area contributed by atoms with Gasteiger partial charge in [-0.15, -0.1) is 0 Å². The van der Waals surface area contributed by atoms with Crippen molar-refractivity contribution in [1.82, 2.24) is 0 Å². The van der Waals surface area contributed by atoms with E-state index in [0.717, 1.165) is 33.3 Å². The van der Waals surface area contributed by atoms with Gasteiger partial charge in [-0.05, 0) is 101 Å². The molecule has 9 aromatic rings. The lowest BCUT2D eigenvalue weighted by Crippen LogP contribution is -2.15. The van der Waals surface area contributed by atoms with E-state index in [9.17, 15) is 0 Å². The quantitative estimate of drug-likeness (QED) is 0.159. The van der Waals surface area contributed by atoms with Crippen LogP contribution in [-0.4, -0.2) is 11.9 Å². The van der Waals surface area contributed by atoms with Crippen LogP contribution in [-0.2, 0) is 5.41 Å². The summed E-state index contributed by atoms with van der Waals surface area (Å²) >= 11 is 0. The van der Waals surface area contributed by atoms with Crippen molar-refractivity contribution in [2.75, 3.05) is 0 Å². The maximum absolute atomic E-state index is 9.09. The van der Waals surface area contributed by atoms with Gasteiger partial charge in [0.05, 0.1) is 11.4 Å². The third kappa shape index (κ3) is 5.98. The summed E-state index contributed by atoms with van der Waals surface area (Å²) in [6, 6.07) is 66.8. The first-order chi connectivity index (χ1) is 27.9. The van der Waals surface area contributed by atoms with E-state index in [0.29, 0.717) is 5.71 Å². The molecule has 0 atom stereocenters. The van der Waals surface area contributed by atoms with Gasteiger partial charge < -0.3 is 5.41 Å². The van der Waals surface area contributed by atoms with Gasteiger partial charge in [-0.2, -0.15) is 0 Å². The Bertz CT molecular complexity index is 3100. The fraction of sp³-hybridized carbons (Fsp3) is 0.0545. The third-order valence-corrected chi connectivity index (χ3v) is 11.8. The Kier molecular flexibility index (Phi) is 8.34. The van der Waals surface area contributed by atoms with Crippen LogP contribution in [0.3, 0.4) is 0 Å². The molecule has 10 rings (SSSR count). The molecule has 1 N–H and O–H groups in total. The number of allylic oxidation sites excluding steroid dienone is 1. The number of fused-ring (bicyclic) bond motifs is 7. The van der Waals surface area contributed by atoms with Crippen molar-refractivity contribution in [3.8, 4) is 33.4 Å². The number of aliphatic imine (C=N–C) groups is 1. The average molecular weight is 729 g/mol. The van der Waals surface area contributed by atoms with E-state index in [1.807, 2.05) is 42.6 Å². The highest BCUT2D eigenvalue weighted by molar-refractivity contribution is 6.12. The third-order valence-electron chi connectivity index (χ3n) is 11.8. The van der Waals surface area contributed by atoms with Crippen LogP contribution in [0.1, 0.15) is 41.7 Å². The summed E-state index contributed by atoms with van der Waals surface area (Å²) in [4.78, 5) is 5.19. The van der Waals surface area contributed by atoms with Gasteiger partial charge in [0, 0.05) is 22.8 Å². The van der Waals surface area contributed by atoms with Gasteiger partial charge in [0.25, 0.3) is 0 Å². The van der Waals surface area contributed by atoms with Crippen LogP contribution in [0.2, 0.25) is 0 Å². The zero-order valence-electron chi connectivity index (χ0n) is 32.0. The van der Waals surface area contributed by atoms with Crippen LogP contribution in [0.25, 0.3) is 71.4 Å². The summed E-state index contributed by atoms with van der Waals surface area (Å²) in [7, 11) is 0. The van der Waals surface area contributed by atoms with E-state index in [2.05, 4.69) is 172 Å². The smallest absolute Gasteiger partial charge is 0.0723 e. The lowest BCUT2D eigenvalue weighted by atomic mass is 9.81. The molecule has 0 bridgehead atoms. The predicted molar refractivity (Wildman–Crippen MR) is 243 cm³/mol. The molecule has 0 unspecified atom stereocenters. The summed E-state index contributed by atoms with van der Waals surface area (Å²) in [5.41, 5.74) is 14.0. The molecule has 0 spiro atoms. The maximum atomic E-state index is 9.09. The fourth-order valence-electron chi connectivity index (χ4n) is 8.86. The molecule has 9 aromatic carbocycles. The second kappa shape index (κ2) is 13.8. The Morgan fingerprint density at radius 2 is 1.09 bits per heavy atom. The minimum absolute atomic E-state index is 0.117. The van der Waals surface area contributed by atoms with Gasteiger partial charge in [-0.3, -0.25) is 4.99 Å². The molecular formula is C55H40N2. The average Bonchev–Trinajstić information content (AvgIpc) is 3.50. The molecule has 0 heterocycles. The van der Waals surface area contributed by atoms with Crippen molar-refractivity contribution in [3.05, 3.63) is 222 Å². The molecule has 0 saturated heterocycles. The fourth-order valence-corrected chi connectivity index (χ4v) is 8.86. The van der Waals surface area contributed by atoms with E-state index in [-0.39, 0.29) is 5.41 Å². The highest BCUT2D eigenvalue weighted by atomic mass is 14.7. The largest absolute Gasteiger partial charge is 0.300 e. The molecule has 0 saturated carbocycles. The molecule has 2 heteroatoms. The van der Waals surface area contributed by atoms with Gasteiger partial charge in [0.2, 0.25) is 0 Å². The normalized spacial score (nSPS) is 13.3. The molecule has 270 valence electrons. The Morgan fingerprint density at radius 3 is 1.91 bits per heavy atom. The Labute approximate surface area is 333 Å². The zero-order chi connectivity index (χ0) is 38.5. The van der Waals surface area contributed by atoms with E-state index >= 15 is 0 Å². The first-order valence-electron chi connectivity index (χ1n) is 19.6. The molecular weight excluding hydrogens is 689 g/mol. The Balaban J connectivity index is 1.06. The van der Waals surface area contributed by atoms with Crippen LogP contribution in [0, 0.1) is 5.41 Å². The van der Waals surface area contributed by atoms with Gasteiger partial charge in [-0.25, -0.2) is 0 Å². The minimum Gasteiger partial charge on any atom is -0.300 e. The van der Waals surface area contributed by atoms with E-state index in [1.54, 1.807) is 0 Å². The summed E-state index contributed by atoms with van der Waals surface area (Å²) in [6.07, 6.45) is 3.85. The van der Waals surface area contributed by atoms with Crippen LogP contribution in [0.4, 0.5) is 0 Å². The SMILES string of the molecule is CC1(C)c2cc(-c3ccc(C=N/C(=C\C(=N)c4ccccc4)c4cccc(-c5cccc6ccccc56)c4)c4ccccc34)ccc2-c2c1ccc1ccccc21. The number of hydrogen-bond donors (Lipinski definition) is 1. The molecule has 57 heavy (non-hydrogen) atoms. The van der Waals surface area contributed by atoms with Crippen molar-refractivity contribution in [3.63, 3.8) is 0 Å². The van der Waals surface area contributed by atoms with Gasteiger partial charge in [0.15, 0.2) is 0 Å². The van der Waals surface area contributed by atoms with Crippen LogP contribution in [0.15, 0.2) is 199 Å². The van der Waals surface area contributed by atoms with Gasteiger partial charge in [-0.1, -0.05) is 190 Å². The summed E-state index contributed by atoms with van der Waals surface area (Å²) in [5, 5.41) is 16.4. The van der Waals surface area contributed by atoms with E-state index < -0.39 is 0 Å². The molecule has 0 aromatic heterocycles. The van der Waals surface area contributed by atoms with Gasteiger partial charge >= 0.3 is 0 Å². The highest BCUT2D eigenvalue weighted by Crippen LogP contribution is 2.52. The molecule has 2 nitrogen and oxygen atoms in total. The molecule has 0 amide bonds. The van der Waals surface area contributed by atoms with Crippen LogP contribution < -0.4 is 0 Å². The Morgan fingerprint density at radius 1 is 0.474 bits per heavy atom. The van der Waals surface area contributed by atoms with Gasteiger partial charge in [0.1, 0.15) is 0 Å². The van der Waals surface area contributed by atoms with Crippen molar-refractivity contribution in [2.24, 2.45) is 4.99 Å². The molecule has 0 aliphatic heterocycles. The first-order valence-corrected chi connectivity index (χ1v) is 19.6. The maximum Gasteiger partial charge on any atom is 0.0723 e. The molecule has 0 radical (unpaired) electrons. The van der Waals surface area contributed by atoms with Crippen LogP contribution in [0.5, 0.6) is 0 Å². The lowest BCUT2D eigenvalue weighted by Gasteiger charge is -2.22. The zero-order valence-corrected chi connectivity index (χ0v) is 32.0. The van der Waals surface area contributed by atoms with Crippen molar-refractivity contribution in [2.45, 2.75) is 19.3 Å². The summed E-state index contributed by atoms with van der Waals surface area (Å²) < 4.78 is 0. The van der Waals surface area contributed by atoms with E-state index in [1.165, 1.54) is 65.9 Å². The van der Waals surface area contributed by atoms with E-state index in [4.69, 9.17) is 10.4 Å². The second-order valence-electron chi connectivity index (χ2n) is 15.5. The molecule has 1 aliphatic carbocycles. The number of nitrogens with zero attached hydrogens (tertiary/aromatic N) is 1. The number of rotatable bonds is 7. The van der Waals surface area contributed by atoms with Crippen molar-refractivity contribution in [1.29, 1.82) is 5.41 Å². The Hall–Kier alpha value is -7.16. The number of nitrogens with one attached hydrogen (secondary N) is 1. The molecule has 0 fully saturated rings. The standard InChI is InChI=1S/C55H40N2/c1-55(2)50-31-28-37-15-7-9-23-47(37)54(50)49-30-26-40(33-51(49)55)46-29-27-42(45-22-10-11-24-48(45)46)35-57-53(34-52(56)38-16-4-3-5-17-38)41-20-12-19-39(32-41)44-25-13-18-36-14-6-8-21-43(36)44/h3-35,56H,1-2H3/b53-34-,56-52?,57-35?. The number of hydrogen-bond acceptors (Lipinski definition) is 2. The second-order valence-corrected chi connectivity index (χ2v) is 15.5. The first kappa shape index (κ1) is 34.3. The molecule has 1 aliphatic rings. The van der Waals surface area contributed by atoms with Crippen molar-refractivity contribution < 1.29 is 0 Å². The van der Waals surface area contributed by atoms with Crippen LogP contribution >= 0.6 is 0 Å². The highest BCUT2D eigenvalue weighted by Gasteiger charge is 2.36. The summed E-state index contributed by atoms with van der Waals surface area (Å²) in [6.45, 7) is 4.71. The monoisotopic (exact) mass is 728 g/mol. The predicted octanol–water partition coefficient (Wildman–Crippen LogP) is 14.3. The topological polar surface area (TPSA) is 36.2 Å². The number of benzene rings is 9. The summed E-state index contributed by atoms with van der Waals surface area (Å²) in [5.74, 6) is 0.